The number of aromatic nitrogens is 5. The van der Waals surface area contributed by atoms with Gasteiger partial charge in [-0.2, -0.15) is 4.68 Å². The molecule has 7 nitrogen and oxygen atoms in total. The first-order valence-corrected chi connectivity index (χ1v) is 5.27. The van der Waals surface area contributed by atoms with Gasteiger partial charge in [0, 0.05) is 7.11 Å². The maximum Gasteiger partial charge on any atom is 0.234 e. The third-order valence-electron chi connectivity index (χ3n) is 1.88. The average molecular weight is 239 g/mol. The topological polar surface area (TPSA) is 82.8 Å². The van der Waals surface area contributed by atoms with Crippen LogP contribution in [0.15, 0.2) is 0 Å². The Morgan fingerprint density at radius 2 is 2.25 bits per heavy atom. The lowest BCUT2D eigenvalue weighted by atomic mass is 10.3. The summed E-state index contributed by atoms with van der Waals surface area (Å²) in [5, 5.41) is 16.8. The molecule has 0 unspecified atom stereocenters. The van der Waals surface area contributed by atoms with E-state index < -0.39 is 0 Å². The van der Waals surface area contributed by atoms with Crippen LogP contribution < -0.4 is 0 Å². The maximum atomic E-state index is 10.7. The van der Waals surface area contributed by atoms with Crippen molar-refractivity contribution in [2.45, 2.75) is 13.5 Å². The Morgan fingerprint density at radius 1 is 1.44 bits per heavy atom. The van der Waals surface area contributed by atoms with E-state index in [1.54, 1.807) is 0 Å². The van der Waals surface area contributed by atoms with Crippen LogP contribution in [-0.2, 0) is 11.3 Å². The molecule has 0 bridgehead atoms. The van der Waals surface area contributed by atoms with Gasteiger partial charge in [0.15, 0.2) is 12.0 Å². The number of methoxy groups -OCH3 is 1. The average Bonchev–Trinajstić information content (AvgIpc) is 2.85. The molecule has 2 heterocycles. The van der Waals surface area contributed by atoms with Crippen LogP contribution in [0.1, 0.15) is 21.2 Å². The van der Waals surface area contributed by atoms with Crippen molar-refractivity contribution >= 4 is 17.6 Å². The first-order chi connectivity index (χ1) is 7.76. The Bertz CT molecular complexity index is 506. The first kappa shape index (κ1) is 10.8. The van der Waals surface area contributed by atoms with E-state index in [-0.39, 0.29) is 12.3 Å². The second-order valence-corrected chi connectivity index (χ2v) is 4.15. The Balaban J connectivity index is 2.47. The summed E-state index contributed by atoms with van der Waals surface area (Å²) in [7, 11) is 1.54. The summed E-state index contributed by atoms with van der Waals surface area (Å²) in [4.78, 5) is 10.7. The highest BCUT2D eigenvalue weighted by Crippen LogP contribution is 2.16. The molecule has 2 rings (SSSR count). The highest BCUT2D eigenvalue weighted by molar-refractivity contribution is 7.13. The molecule has 0 radical (unpaired) electrons. The highest BCUT2D eigenvalue weighted by Gasteiger charge is 2.15. The SMILES string of the molecule is COCc1c(C=O)nnn1-c1nnc(C)s1. The van der Waals surface area contributed by atoms with Crippen LogP contribution in [0, 0.1) is 6.92 Å². The summed E-state index contributed by atoms with van der Waals surface area (Å²) < 4.78 is 6.46. The zero-order chi connectivity index (χ0) is 11.5. The van der Waals surface area contributed by atoms with E-state index in [0.29, 0.717) is 17.1 Å². The summed E-state index contributed by atoms with van der Waals surface area (Å²) in [5.74, 6) is 0. The van der Waals surface area contributed by atoms with E-state index in [0.717, 1.165) is 5.01 Å². The lowest BCUT2D eigenvalue weighted by molar-refractivity contribution is 0.111. The Labute approximate surface area is 95.1 Å². The quantitative estimate of drug-likeness (QED) is 0.717. The highest BCUT2D eigenvalue weighted by atomic mass is 32.1. The van der Waals surface area contributed by atoms with Crippen LogP contribution in [0.5, 0.6) is 0 Å². The van der Waals surface area contributed by atoms with Crippen LogP contribution in [0.2, 0.25) is 0 Å². The van der Waals surface area contributed by atoms with Crippen LogP contribution >= 0.6 is 11.3 Å². The second kappa shape index (κ2) is 4.45. The number of hydrogen-bond acceptors (Lipinski definition) is 7. The lowest BCUT2D eigenvalue weighted by Gasteiger charge is -2.00. The molecule has 0 aliphatic carbocycles. The van der Waals surface area contributed by atoms with Gasteiger partial charge in [0.25, 0.3) is 0 Å². The monoisotopic (exact) mass is 239 g/mol. The molecule has 16 heavy (non-hydrogen) atoms. The zero-order valence-electron chi connectivity index (χ0n) is 8.75. The molecule has 2 aromatic rings. The molecule has 0 atom stereocenters. The number of carbonyl (C=O) groups excluding carboxylic acids is 1. The van der Waals surface area contributed by atoms with Gasteiger partial charge < -0.3 is 4.74 Å². The van der Waals surface area contributed by atoms with Gasteiger partial charge >= 0.3 is 0 Å². The standard InChI is InChI=1S/C8H9N5O2S/c1-5-9-11-8(16-5)13-7(4-15-2)6(3-14)10-12-13/h3H,4H2,1-2H3. The molecule has 0 aliphatic rings. The molecule has 0 aliphatic heterocycles. The van der Waals surface area contributed by atoms with Crippen molar-refractivity contribution in [2.24, 2.45) is 0 Å². The van der Waals surface area contributed by atoms with Crippen molar-refractivity contribution in [1.82, 2.24) is 25.2 Å². The third kappa shape index (κ3) is 1.84. The van der Waals surface area contributed by atoms with E-state index in [1.165, 1.54) is 23.1 Å². The van der Waals surface area contributed by atoms with Crippen molar-refractivity contribution in [1.29, 1.82) is 0 Å². The maximum absolute atomic E-state index is 10.7. The molecule has 0 spiro atoms. The molecule has 2 aromatic heterocycles. The smallest absolute Gasteiger partial charge is 0.234 e. The Morgan fingerprint density at radius 3 is 2.81 bits per heavy atom. The van der Waals surface area contributed by atoms with Gasteiger partial charge in [-0.15, -0.1) is 15.3 Å². The molecule has 0 saturated heterocycles. The van der Waals surface area contributed by atoms with Gasteiger partial charge in [0.05, 0.1) is 6.61 Å². The van der Waals surface area contributed by atoms with Gasteiger partial charge in [-0.25, -0.2) is 0 Å². The third-order valence-corrected chi connectivity index (χ3v) is 2.70. The normalized spacial score (nSPS) is 10.6. The summed E-state index contributed by atoms with van der Waals surface area (Å²) in [6.07, 6.45) is 0.645. The number of aldehydes is 1. The van der Waals surface area contributed by atoms with Gasteiger partial charge in [-0.3, -0.25) is 4.79 Å². The summed E-state index contributed by atoms with van der Waals surface area (Å²) >= 11 is 1.37. The number of hydrogen-bond donors (Lipinski definition) is 0. The minimum atomic E-state index is 0.250. The number of nitrogens with zero attached hydrogens (tertiary/aromatic N) is 5. The fraction of sp³-hybridized carbons (Fsp3) is 0.375. The number of rotatable bonds is 4. The largest absolute Gasteiger partial charge is 0.378 e. The molecule has 8 heteroatoms. The van der Waals surface area contributed by atoms with Crippen molar-refractivity contribution in [3.8, 4) is 5.13 Å². The molecule has 0 saturated carbocycles. The molecule has 0 N–H and O–H groups in total. The first-order valence-electron chi connectivity index (χ1n) is 4.45. The van der Waals surface area contributed by atoms with Crippen LogP contribution in [0.4, 0.5) is 0 Å². The molecular formula is C8H9N5O2S. The fourth-order valence-electron chi connectivity index (χ4n) is 1.20. The molecular weight excluding hydrogens is 230 g/mol. The van der Waals surface area contributed by atoms with Crippen LogP contribution in [-0.4, -0.2) is 38.6 Å². The Hall–Kier alpha value is -1.67. The van der Waals surface area contributed by atoms with Gasteiger partial charge in [-0.1, -0.05) is 16.6 Å². The molecule has 0 aromatic carbocycles. The van der Waals surface area contributed by atoms with Gasteiger partial charge in [0.1, 0.15) is 10.7 Å². The van der Waals surface area contributed by atoms with E-state index >= 15 is 0 Å². The second-order valence-electron chi connectivity index (χ2n) is 2.99. The molecule has 84 valence electrons. The molecule has 0 amide bonds. The minimum Gasteiger partial charge on any atom is -0.378 e. The predicted molar refractivity (Wildman–Crippen MR) is 55.7 cm³/mol. The summed E-state index contributed by atoms with van der Waals surface area (Å²) in [6.45, 7) is 2.09. The van der Waals surface area contributed by atoms with Crippen molar-refractivity contribution < 1.29 is 9.53 Å². The van der Waals surface area contributed by atoms with Gasteiger partial charge in [-0.05, 0) is 6.92 Å². The fourth-order valence-corrected chi connectivity index (χ4v) is 1.86. The van der Waals surface area contributed by atoms with Crippen LogP contribution in [0.25, 0.3) is 5.13 Å². The van der Waals surface area contributed by atoms with E-state index in [4.69, 9.17) is 4.74 Å². The Kier molecular flexibility index (Phi) is 3.02. The zero-order valence-corrected chi connectivity index (χ0v) is 9.56. The van der Waals surface area contributed by atoms with E-state index in [9.17, 15) is 4.79 Å². The molecule has 0 fully saturated rings. The van der Waals surface area contributed by atoms with Gasteiger partial charge in [0.2, 0.25) is 5.13 Å². The summed E-state index contributed by atoms with van der Waals surface area (Å²) in [5.41, 5.74) is 0.836. The van der Waals surface area contributed by atoms with Crippen molar-refractivity contribution in [2.75, 3.05) is 7.11 Å². The summed E-state index contributed by atoms with van der Waals surface area (Å²) in [6, 6.07) is 0. The number of ether oxygens (including phenoxy) is 1. The van der Waals surface area contributed by atoms with Crippen molar-refractivity contribution in [3.63, 3.8) is 0 Å². The minimum absolute atomic E-state index is 0.250. The van der Waals surface area contributed by atoms with E-state index in [1.807, 2.05) is 6.92 Å². The number of carbonyl (C=O) groups is 1. The van der Waals surface area contributed by atoms with E-state index in [2.05, 4.69) is 20.5 Å². The van der Waals surface area contributed by atoms with Crippen LogP contribution in [0.3, 0.4) is 0 Å². The predicted octanol–water partition coefficient (Wildman–Crippen LogP) is 0.386. The lowest BCUT2D eigenvalue weighted by Crippen LogP contribution is -2.04. The number of aryl methyl sites for hydroxylation is 1. The van der Waals surface area contributed by atoms with Crippen molar-refractivity contribution in [3.05, 3.63) is 16.4 Å².